The van der Waals surface area contributed by atoms with Gasteiger partial charge in [-0.3, -0.25) is 14.4 Å². The number of β-amino-alcohol motifs (C(OH)–C–C–N with tert-alkyl or cyclic N) is 1. The molecule has 4 N–H and O–H groups in total. The number of aromatic nitrogens is 1. The normalized spacial score (nSPS) is 22.4. The summed E-state index contributed by atoms with van der Waals surface area (Å²) in [4.78, 5) is 46.6. The molecule has 1 aromatic carbocycles. The number of piperidine rings is 1. The minimum absolute atomic E-state index is 0.0480. The highest BCUT2D eigenvalue weighted by atomic mass is 32.1. The summed E-state index contributed by atoms with van der Waals surface area (Å²) in [6.07, 6.45) is 1.51. The molecule has 2 aromatic rings. The van der Waals surface area contributed by atoms with E-state index in [2.05, 4.69) is 20.9 Å². The molecule has 3 aliphatic rings. The van der Waals surface area contributed by atoms with Crippen molar-refractivity contribution >= 4 is 29.1 Å². The Labute approximate surface area is 262 Å². The largest absolute Gasteiger partial charge is 0.493 e. The fraction of sp³-hybridized carbons (Fsp3) is 0.625. The van der Waals surface area contributed by atoms with Gasteiger partial charge in [0.2, 0.25) is 11.8 Å². The van der Waals surface area contributed by atoms with Crippen LogP contribution in [0, 0.1) is 18.3 Å². The highest BCUT2D eigenvalue weighted by Gasteiger charge is 2.53. The van der Waals surface area contributed by atoms with Crippen LogP contribution in [-0.4, -0.2) is 82.8 Å². The number of likely N-dealkylation sites (tertiary alicyclic amines) is 1. The SMILES string of the molecule is Cc1ncsc1-c1ccc(CNC(=O)[C@@H]2C[C@@H](O)CN2C(=O)C(NC(=O)C2(F)CC2)C(C)(C)C)c(OCC2CCNCC2)c1. The Morgan fingerprint density at radius 3 is 2.61 bits per heavy atom. The van der Waals surface area contributed by atoms with Crippen LogP contribution in [0.1, 0.15) is 64.1 Å². The lowest BCUT2D eigenvalue weighted by atomic mass is 9.85. The van der Waals surface area contributed by atoms with Crippen molar-refractivity contribution in [2.75, 3.05) is 26.2 Å². The maximum atomic E-state index is 14.5. The summed E-state index contributed by atoms with van der Waals surface area (Å²) >= 11 is 1.56. The second-order valence-electron chi connectivity index (χ2n) is 13.4. The molecule has 44 heavy (non-hydrogen) atoms. The first-order chi connectivity index (χ1) is 20.9. The molecular weight excluding hydrogens is 585 g/mol. The Hall–Kier alpha value is -3.09. The third-order valence-electron chi connectivity index (χ3n) is 8.81. The first-order valence-electron chi connectivity index (χ1n) is 15.5. The molecule has 1 aromatic heterocycles. The van der Waals surface area contributed by atoms with E-state index in [-0.39, 0.29) is 32.4 Å². The predicted octanol–water partition coefficient (Wildman–Crippen LogP) is 3.11. The lowest BCUT2D eigenvalue weighted by Crippen LogP contribution is -2.59. The number of thiazole rings is 1. The predicted molar refractivity (Wildman–Crippen MR) is 166 cm³/mol. The van der Waals surface area contributed by atoms with Crippen LogP contribution in [0.5, 0.6) is 5.75 Å². The second-order valence-corrected chi connectivity index (χ2v) is 14.3. The van der Waals surface area contributed by atoms with Crippen molar-refractivity contribution in [3.05, 3.63) is 35.0 Å². The summed E-state index contributed by atoms with van der Waals surface area (Å²) in [5, 5.41) is 19.4. The molecule has 0 radical (unpaired) electrons. The topological polar surface area (TPSA) is 133 Å². The zero-order valence-corrected chi connectivity index (χ0v) is 26.8. The number of aliphatic hydroxyl groups excluding tert-OH is 1. The Morgan fingerprint density at radius 2 is 1.98 bits per heavy atom. The third-order valence-corrected chi connectivity index (χ3v) is 9.79. The molecule has 240 valence electrons. The average Bonchev–Trinajstić information content (AvgIpc) is 3.40. The van der Waals surface area contributed by atoms with Gasteiger partial charge in [0.25, 0.3) is 5.91 Å². The minimum atomic E-state index is -1.94. The van der Waals surface area contributed by atoms with Crippen LogP contribution in [0.2, 0.25) is 0 Å². The number of alkyl halides is 1. The number of amides is 3. The number of carbonyl (C=O) groups is 3. The second kappa shape index (κ2) is 13.1. The van der Waals surface area contributed by atoms with Crippen molar-refractivity contribution in [1.29, 1.82) is 0 Å². The monoisotopic (exact) mass is 629 g/mol. The average molecular weight is 630 g/mol. The number of benzene rings is 1. The van der Waals surface area contributed by atoms with Crippen LogP contribution in [0.15, 0.2) is 23.7 Å². The molecule has 0 spiro atoms. The van der Waals surface area contributed by atoms with Gasteiger partial charge in [-0.2, -0.15) is 0 Å². The molecule has 1 unspecified atom stereocenters. The Morgan fingerprint density at radius 1 is 1.25 bits per heavy atom. The van der Waals surface area contributed by atoms with Crippen LogP contribution in [0.3, 0.4) is 0 Å². The van der Waals surface area contributed by atoms with E-state index in [4.69, 9.17) is 4.74 Å². The maximum absolute atomic E-state index is 14.5. The number of ether oxygens (including phenoxy) is 1. The molecule has 1 aliphatic carbocycles. The smallest absolute Gasteiger partial charge is 0.258 e. The fourth-order valence-electron chi connectivity index (χ4n) is 5.83. The lowest BCUT2D eigenvalue weighted by molar-refractivity contribution is -0.145. The van der Waals surface area contributed by atoms with Gasteiger partial charge in [0, 0.05) is 25.1 Å². The van der Waals surface area contributed by atoms with E-state index in [0.717, 1.165) is 47.6 Å². The van der Waals surface area contributed by atoms with Gasteiger partial charge >= 0.3 is 0 Å². The summed E-state index contributed by atoms with van der Waals surface area (Å²) in [5.74, 6) is -0.605. The Bertz CT molecular complexity index is 1370. The number of hydrogen-bond acceptors (Lipinski definition) is 8. The number of aliphatic hydroxyl groups is 1. The fourth-order valence-corrected chi connectivity index (χ4v) is 6.63. The number of halogens is 1. The molecule has 3 fully saturated rings. The molecule has 2 saturated heterocycles. The van der Waals surface area contributed by atoms with Gasteiger partial charge in [-0.25, -0.2) is 9.37 Å². The van der Waals surface area contributed by atoms with Gasteiger partial charge in [-0.1, -0.05) is 32.9 Å². The van der Waals surface area contributed by atoms with E-state index in [0.29, 0.717) is 18.3 Å². The van der Waals surface area contributed by atoms with Crippen molar-refractivity contribution < 1.29 is 28.6 Å². The molecule has 3 amide bonds. The molecule has 5 rings (SSSR count). The van der Waals surface area contributed by atoms with E-state index in [1.807, 2.05) is 30.6 Å². The minimum Gasteiger partial charge on any atom is -0.493 e. The molecule has 3 atom stereocenters. The van der Waals surface area contributed by atoms with Crippen LogP contribution < -0.4 is 20.7 Å². The van der Waals surface area contributed by atoms with Gasteiger partial charge < -0.3 is 30.7 Å². The maximum Gasteiger partial charge on any atom is 0.258 e. The van der Waals surface area contributed by atoms with E-state index >= 15 is 0 Å². The van der Waals surface area contributed by atoms with Crippen LogP contribution in [0.4, 0.5) is 4.39 Å². The van der Waals surface area contributed by atoms with Gasteiger partial charge in [0.1, 0.15) is 17.8 Å². The highest BCUT2D eigenvalue weighted by Crippen LogP contribution is 2.40. The number of rotatable bonds is 10. The molecule has 10 nitrogen and oxygen atoms in total. The van der Waals surface area contributed by atoms with Crippen molar-refractivity contribution in [1.82, 2.24) is 25.8 Å². The first-order valence-corrected chi connectivity index (χ1v) is 16.4. The summed E-state index contributed by atoms with van der Waals surface area (Å²) in [7, 11) is 0. The van der Waals surface area contributed by atoms with Gasteiger partial charge in [-0.05, 0) is 68.7 Å². The number of aryl methyl sites for hydroxylation is 1. The van der Waals surface area contributed by atoms with Crippen molar-refractivity contribution in [2.45, 2.75) is 90.2 Å². The standard InChI is InChI=1S/C32H44FN5O5S/c1-19-26(44-18-36-19)21-5-6-22(25(13-21)43-17-20-7-11-34-12-8-20)15-35-28(40)24-14-23(39)16-38(24)29(41)27(31(2,3)4)37-30(42)32(33)9-10-32/h5-6,13,18,20,23-24,27,34,39H,7-12,14-17H2,1-4H3,(H,35,40)(H,37,42)/t23-,24+,27?/m1/s1. The lowest BCUT2D eigenvalue weighted by Gasteiger charge is -2.35. The van der Waals surface area contributed by atoms with Gasteiger partial charge in [-0.15, -0.1) is 11.3 Å². The van der Waals surface area contributed by atoms with Crippen LogP contribution in [-0.2, 0) is 20.9 Å². The summed E-state index contributed by atoms with van der Waals surface area (Å²) in [5.41, 5.74) is 1.86. The number of carbonyl (C=O) groups excluding carboxylic acids is 3. The Balaban J connectivity index is 1.30. The molecular formula is C32H44FN5O5S. The molecule has 2 aliphatic heterocycles. The molecule has 1 saturated carbocycles. The molecule has 12 heteroatoms. The first kappa shape index (κ1) is 32.3. The van der Waals surface area contributed by atoms with Crippen molar-refractivity contribution in [3.8, 4) is 16.2 Å². The Kier molecular flexibility index (Phi) is 9.62. The van der Waals surface area contributed by atoms with Gasteiger partial charge in [0.05, 0.1) is 28.8 Å². The van der Waals surface area contributed by atoms with E-state index < -0.39 is 47.0 Å². The van der Waals surface area contributed by atoms with Crippen molar-refractivity contribution in [3.63, 3.8) is 0 Å². The quantitative estimate of drug-likeness (QED) is 0.318. The van der Waals surface area contributed by atoms with E-state index in [1.54, 1.807) is 32.1 Å². The zero-order chi connectivity index (χ0) is 31.6. The zero-order valence-electron chi connectivity index (χ0n) is 26.0. The van der Waals surface area contributed by atoms with E-state index in [1.165, 1.54) is 4.90 Å². The van der Waals surface area contributed by atoms with Crippen molar-refractivity contribution in [2.24, 2.45) is 11.3 Å². The molecule has 3 heterocycles. The summed E-state index contributed by atoms with van der Waals surface area (Å²) < 4.78 is 20.8. The highest BCUT2D eigenvalue weighted by molar-refractivity contribution is 7.13. The summed E-state index contributed by atoms with van der Waals surface area (Å²) in [6.45, 7) is 9.92. The number of nitrogens with zero attached hydrogens (tertiary/aromatic N) is 2. The summed E-state index contributed by atoms with van der Waals surface area (Å²) in [6, 6.07) is 3.93. The van der Waals surface area contributed by atoms with Crippen LogP contribution >= 0.6 is 11.3 Å². The number of nitrogens with one attached hydrogen (secondary N) is 3. The molecule has 0 bridgehead atoms. The van der Waals surface area contributed by atoms with Crippen LogP contribution in [0.25, 0.3) is 10.4 Å². The third kappa shape index (κ3) is 7.40. The van der Waals surface area contributed by atoms with E-state index in [9.17, 15) is 23.9 Å². The van der Waals surface area contributed by atoms with Gasteiger partial charge in [0.15, 0.2) is 5.67 Å². The number of hydrogen-bond donors (Lipinski definition) is 4.